The molecule has 0 bridgehead atoms. The molecule has 0 spiro atoms. The lowest BCUT2D eigenvalue weighted by Gasteiger charge is -1.93. The van der Waals surface area contributed by atoms with E-state index in [4.69, 9.17) is 5.11 Å². The first-order chi connectivity index (χ1) is 5.09. The molecule has 0 aliphatic heterocycles. The van der Waals surface area contributed by atoms with Crippen molar-refractivity contribution >= 4 is 5.97 Å². The van der Waals surface area contributed by atoms with Gasteiger partial charge in [0, 0.05) is 0 Å². The van der Waals surface area contributed by atoms with E-state index in [-0.39, 0.29) is 0 Å². The minimum Gasteiger partial charge on any atom is -0.478 e. The Kier molecular flexibility index (Phi) is 1.85. The van der Waals surface area contributed by atoms with Gasteiger partial charge in [0.05, 0.1) is 11.6 Å². The standard InChI is InChI=1S/C7H3F2O2/c8-5-1-4(7(10)11)2-6(9)3-5/h1-2H,(H,10,11). The van der Waals surface area contributed by atoms with Crippen LogP contribution >= 0.6 is 0 Å². The van der Waals surface area contributed by atoms with Crippen LogP contribution in [0.2, 0.25) is 0 Å². The van der Waals surface area contributed by atoms with Crippen molar-refractivity contribution in [2.45, 2.75) is 0 Å². The first-order valence-electron chi connectivity index (χ1n) is 2.71. The zero-order valence-electron chi connectivity index (χ0n) is 5.27. The summed E-state index contributed by atoms with van der Waals surface area (Å²) in [4.78, 5) is 10.2. The average Bonchev–Trinajstić information content (AvgIpc) is 1.85. The number of aromatic carboxylic acids is 1. The molecular formula is C7H3F2O2. The molecule has 1 radical (unpaired) electrons. The molecule has 57 valence electrons. The molecule has 2 nitrogen and oxygen atoms in total. The highest BCUT2D eigenvalue weighted by molar-refractivity contribution is 5.87. The number of halogens is 2. The Morgan fingerprint density at radius 2 is 1.82 bits per heavy atom. The van der Waals surface area contributed by atoms with Gasteiger partial charge >= 0.3 is 5.97 Å². The van der Waals surface area contributed by atoms with Gasteiger partial charge in [0.1, 0.15) is 11.6 Å². The van der Waals surface area contributed by atoms with Gasteiger partial charge < -0.3 is 5.11 Å². The highest BCUT2D eigenvalue weighted by Crippen LogP contribution is 2.06. The van der Waals surface area contributed by atoms with Crippen LogP contribution < -0.4 is 0 Å². The molecule has 1 rings (SSSR count). The summed E-state index contributed by atoms with van der Waals surface area (Å²) in [5, 5.41) is 8.29. The van der Waals surface area contributed by atoms with Gasteiger partial charge in [-0.2, -0.15) is 0 Å². The molecule has 0 saturated carbocycles. The second-order valence-electron chi connectivity index (χ2n) is 1.87. The number of carbonyl (C=O) groups is 1. The third-order valence-electron chi connectivity index (χ3n) is 1.05. The smallest absolute Gasteiger partial charge is 0.335 e. The van der Waals surface area contributed by atoms with Crippen LogP contribution in [0.1, 0.15) is 10.4 Å². The van der Waals surface area contributed by atoms with Crippen molar-refractivity contribution in [3.63, 3.8) is 0 Å². The van der Waals surface area contributed by atoms with Gasteiger partial charge in [-0.25, -0.2) is 13.6 Å². The average molecular weight is 157 g/mol. The molecule has 1 aromatic rings. The maximum absolute atomic E-state index is 12.2. The van der Waals surface area contributed by atoms with Crippen LogP contribution in [0.5, 0.6) is 0 Å². The van der Waals surface area contributed by atoms with Crippen LogP contribution in [0.15, 0.2) is 12.1 Å². The van der Waals surface area contributed by atoms with Gasteiger partial charge in [0.2, 0.25) is 0 Å². The predicted molar refractivity (Wildman–Crippen MR) is 32.2 cm³/mol. The fraction of sp³-hybridized carbons (Fsp3) is 0. The number of hydrogen-bond donors (Lipinski definition) is 1. The highest BCUT2D eigenvalue weighted by atomic mass is 19.1. The van der Waals surface area contributed by atoms with E-state index in [1.165, 1.54) is 0 Å². The fourth-order valence-electron chi connectivity index (χ4n) is 0.624. The molecule has 4 heteroatoms. The lowest BCUT2D eigenvalue weighted by molar-refractivity contribution is 0.0695. The molecular weight excluding hydrogens is 154 g/mol. The Bertz CT molecular complexity index is 276. The van der Waals surface area contributed by atoms with E-state index in [9.17, 15) is 13.6 Å². The number of rotatable bonds is 1. The van der Waals surface area contributed by atoms with Crippen molar-refractivity contribution < 1.29 is 18.7 Å². The number of benzene rings is 1. The predicted octanol–water partition coefficient (Wildman–Crippen LogP) is 1.46. The third kappa shape index (κ3) is 1.73. The maximum Gasteiger partial charge on any atom is 0.335 e. The van der Waals surface area contributed by atoms with Crippen molar-refractivity contribution in [1.82, 2.24) is 0 Å². The molecule has 1 aromatic carbocycles. The van der Waals surface area contributed by atoms with E-state index in [1.54, 1.807) is 6.07 Å². The summed E-state index contributed by atoms with van der Waals surface area (Å²) < 4.78 is 24.5. The summed E-state index contributed by atoms with van der Waals surface area (Å²) >= 11 is 0. The first-order valence-corrected chi connectivity index (χ1v) is 2.71. The van der Waals surface area contributed by atoms with Crippen molar-refractivity contribution in [3.05, 3.63) is 35.4 Å². The normalized spacial score (nSPS) is 9.64. The Hall–Kier alpha value is -1.45. The summed E-state index contributed by atoms with van der Waals surface area (Å²) in [7, 11) is 0. The summed E-state index contributed by atoms with van der Waals surface area (Å²) in [5.41, 5.74) is -0.418. The topological polar surface area (TPSA) is 37.3 Å². The van der Waals surface area contributed by atoms with Gasteiger partial charge in [-0.3, -0.25) is 0 Å². The first kappa shape index (κ1) is 7.65. The van der Waals surface area contributed by atoms with Crippen molar-refractivity contribution in [2.24, 2.45) is 0 Å². The van der Waals surface area contributed by atoms with Gasteiger partial charge in [-0.05, 0) is 12.1 Å². The van der Waals surface area contributed by atoms with Crippen molar-refractivity contribution in [3.8, 4) is 0 Å². The molecule has 0 aliphatic rings. The summed E-state index contributed by atoms with van der Waals surface area (Å²) in [6, 6.07) is 3.07. The molecule has 0 aliphatic carbocycles. The van der Waals surface area contributed by atoms with Crippen LogP contribution in [0, 0.1) is 17.7 Å². The fourth-order valence-corrected chi connectivity index (χ4v) is 0.624. The van der Waals surface area contributed by atoms with E-state index in [0.29, 0.717) is 12.1 Å². The zero-order valence-corrected chi connectivity index (χ0v) is 5.27. The van der Waals surface area contributed by atoms with Crippen LogP contribution in [0.4, 0.5) is 8.78 Å². The number of hydrogen-bond acceptors (Lipinski definition) is 1. The molecule has 1 N–H and O–H groups in total. The summed E-state index contributed by atoms with van der Waals surface area (Å²) in [6.45, 7) is 0. The maximum atomic E-state index is 12.2. The van der Waals surface area contributed by atoms with Crippen LogP contribution in [0.3, 0.4) is 0 Å². The molecule has 0 unspecified atom stereocenters. The van der Waals surface area contributed by atoms with Gasteiger partial charge in [-0.1, -0.05) is 0 Å². The Morgan fingerprint density at radius 1 is 1.36 bits per heavy atom. The SMILES string of the molecule is O=C(O)c1cc(F)[c]c(F)c1. The van der Waals surface area contributed by atoms with Crippen LogP contribution in [-0.4, -0.2) is 11.1 Å². The number of carboxylic acids is 1. The molecule has 11 heavy (non-hydrogen) atoms. The van der Waals surface area contributed by atoms with E-state index >= 15 is 0 Å². The monoisotopic (exact) mass is 157 g/mol. The van der Waals surface area contributed by atoms with Crippen molar-refractivity contribution in [1.29, 1.82) is 0 Å². The van der Waals surface area contributed by atoms with E-state index in [0.717, 1.165) is 0 Å². The Balaban J connectivity index is 3.19. The largest absolute Gasteiger partial charge is 0.478 e. The van der Waals surface area contributed by atoms with Crippen LogP contribution in [0.25, 0.3) is 0 Å². The second-order valence-corrected chi connectivity index (χ2v) is 1.87. The second kappa shape index (κ2) is 2.65. The lowest BCUT2D eigenvalue weighted by atomic mass is 10.2. The Labute approximate surface area is 61.1 Å². The quantitative estimate of drug-likeness (QED) is 0.670. The van der Waals surface area contributed by atoms with Crippen molar-refractivity contribution in [2.75, 3.05) is 0 Å². The van der Waals surface area contributed by atoms with E-state index in [1.807, 2.05) is 0 Å². The third-order valence-corrected chi connectivity index (χ3v) is 1.05. The van der Waals surface area contributed by atoms with Gasteiger partial charge in [0.15, 0.2) is 0 Å². The molecule has 0 saturated heterocycles. The molecule has 0 atom stereocenters. The van der Waals surface area contributed by atoms with Crippen LogP contribution in [-0.2, 0) is 0 Å². The van der Waals surface area contributed by atoms with E-state index < -0.39 is 23.2 Å². The molecule has 0 amide bonds. The summed E-state index contributed by atoms with van der Waals surface area (Å²) in [6.07, 6.45) is 0. The lowest BCUT2D eigenvalue weighted by Crippen LogP contribution is -1.97. The Morgan fingerprint density at radius 3 is 2.18 bits per heavy atom. The minimum atomic E-state index is -1.36. The summed E-state index contributed by atoms with van der Waals surface area (Å²) in [5.74, 6) is -3.39. The van der Waals surface area contributed by atoms with Gasteiger partial charge in [0.25, 0.3) is 0 Å². The number of carboxylic acid groups (broad SMARTS) is 1. The zero-order chi connectivity index (χ0) is 8.43. The highest BCUT2D eigenvalue weighted by Gasteiger charge is 2.06. The minimum absolute atomic E-state index is 0.418. The molecule has 0 aromatic heterocycles. The molecule has 0 heterocycles. The molecule has 0 fully saturated rings. The van der Waals surface area contributed by atoms with E-state index in [2.05, 4.69) is 0 Å². The van der Waals surface area contributed by atoms with Gasteiger partial charge in [-0.15, -0.1) is 0 Å².